The van der Waals surface area contributed by atoms with E-state index >= 15 is 0 Å². The molecule has 3 nitrogen and oxygen atoms in total. The monoisotopic (exact) mass is 330 g/mol. The fourth-order valence-corrected chi connectivity index (χ4v) is 3.63. The maximum Gasteiger partial charge on any atom is 0.102 e. The van der Waals surface area contributed by atoms with Crippen LogP contribution in [0.5, 0.6) is 0 Å². The SMILES string of the molecule is CCCCCCCCCC[N+](CCC)(CCC)CCOCCO. The number of hydrogen-bond acceptors (Lipinski definition) is 2. The predicted molar refractivity (Wildman–Crippen MR) is 101 cm³/mol. The maximum absolute atomic E-state index is 8.85. The molecule has 140 valence electrons. The number of nitrogens with zero attached hydrogens (tertiary/aromatic N) is 1. The summed E-state index contributed by atoms with van der Waals surface area (Å²) in [5.41, 5.74) is 0. The van der Waals surface area contributed by atoms with Crippen molar-refractivity contribution in [2.24, 2.45) is 0 Å². The first-order valence-electron chi connectivity index (χ1n) is 10.3. The molecule has 0 aromatic heterocycles. The summed E-state index contributed by atoms with van der Waals surface area (Å²) in [5, 5.41) is 8.85. The number of rotatable bonds is 18. The molecule has 0 heterocycles. The Morgan fingerprint density at radius 1 is 0.609 bits per heavy atom. The first kappa shape index (κ1) is 22.9. The minimum atomic E-state index is 0.138. The summed E-state index contributed by atoms with van der Waals surface area (Å²) in [6.07, 6.45) is 13.6. The Bertz CT molecular complexity index is 228. The Morgan fingerprint density at radius 3 is 1.70 bits per heavy atom. The van der Waals surface area contributed by atoms with Gasteiger partial charge in [-0.1, -0.05) is 59.3 Å². The van der Waals surface area contributed by atoms with Gasteiger partial charge in [-0.05, 0) is 25.7 Å². The highest BCUT2D eigenvalue weighted by atomic mass is 16.5. The first-order chi connectivity index (χ1) is 11.2. The van der Waals surface area contributed by atoms with Crippen LogP contribution in [0.2, 0.25) is 0 Å². The molecule has 0 atom stereocenters. The molecular weight excluding hydrogens is 286 g/mol. The van der Waals surface area contributed by atoms with Crippen LogP contribution < -0.4 is 0 Å². The first-order valence-corrected chi connectivity index (χ1v) is 10.3. The van der Waals surface area contributed by atoms with Crippen LogP contribution in [0, 0.1) is 0 Å². The molecule has 0 bridgehead atoms. The molecule has 0 amide bonds. The standard InChI is InChI=1S/C20H44NO2/c1-4-7-8-9-10-11-12-13-16-21(14-5-2,15-6-3)17-19-23-20-18-22/h22H,4-20H2,1-3H3/q+1. The molecule has 0 spiro atoms. The van der Waals surface area contributed by atoms with Crippen LogP contribution >= 0.6 is 0 Å². The van der Waals surface area contributed by atoms with Gasteiger partial charge in [0.1, 0.15) is 6.54 Å². The van der Waals surface area contributed by atoms with E-state index in [1.54, 1.807) is 0 Å². The molecule has 23 heavy (non-hydrogen) atoms. The molecular formula is C20H44NO2+. The van der Waals surface area contributed by atoms with Gasteiger partial charge in [0.15, 0.2) is 0 Å². The van der Waals surface area contributed by atoms with Crippen LogP contribution in [-0.4, -0.2) is 55.6 Å². The van der Waals surface area contributed by atoms with Gasteiger partial charge in [0.05, 0.1) is 39.5 Å². The average Bonchev–Trinajstić information content (AvgIpc) is 2.55. The van der Waals surface area contributed by atoms with Crippen molar-refractivity contribution in [3.05, 3.63) is 0 Å². The molecule has 0 rings (SSSR count). The summed E-state index contributed by atoms with van der Waals surface area (Å²) >= 11 is 0. The quantitative estimate of drug-likeness (QED) is 0.290. The van der Waals surface area contributed by atoms with Crippen molar-refractivity contribution < 1.29 is 14.3 Å². The number of aliphatic hydroxyl groups is 1. The lowest BCUT2D eigenvalue weighted by molar-refractivity contribution is -0.928. The summed E-state index contributed by atoms with van der Waals surface area (Å²) < 4.78 is 6.76. The molecule has 0 unspecified atom stereocenters. The summed E-state index contributed by atoms with van der Waals surface area (Å²) in [6, 6.07) is 0. The van der Waals surface area contributed by atoms with Gasteiger partial charge in [0, 0.05) is 0 Å². The van der Waals surface area contributed by atoms with Crippen molar-refractivity contribution in [3.8, 4) is 0 Å². The Morgan fingerprint density at radius 2 is 1.17 bits per heavy atom. The van der Waals surface area contributed by atoms with Crippen molar-refractivity contribution in [1.82, 2.24) is 0 Å². The largest absolute Gasteiger partial charge is 0.394 e. The van der Waals surface area contributed by atoms with Crippen molar-refractivity contribution in [1.29, 1.82) is 0 Å². The molecule has 3 heteroatoms. The highest BCUT2D eigenvalue weighted by molar-refractivity contribution is 4.50. The molecule has 0 radical (unpaired) electrons. The molecule has 0 aliphatic carbocycles. The van der Waals surface area contributed by atoms with Crippen molar-refractivity contribution in [3.63, 3.8) is 0 Å². The van der Waals surface area contributed by atoms with E-state index < -0.39 is 0 Å². The van der Waals surface area contributed by atoms with Gasteiger partial charge in [-0.25, -0.2) is 0 Å². The third kappa shape index (κ3) is 12.9. The molecule has 0 aromatic rings. The van der Waals surface area contributed by atoms with Crippen LogP contribution in [0.4, 0.5) is 0 Å². The maximum atomic E-state index is 8.85. The van der Waals surface area contributed by atoms with Crippen LogP contribution in [0.25, 0.3) is 0 Å². The third-order valence-electron chi connectivity index (χ3n) is 4.83. The van der Waals surface area contributed by atoms with Crippen LogP contribution in [0.1, 0.15) is 85.0 Å². The van der Waals surface area contributed by atoms with Crippen molar-refractivity contribution in [2.45, 2.75) is 85.0 Å². The van der Waals surface area contributed by atoms with E-state index in [1.165, 1.54) is 88.3 Å². The van der Waals surface area contributed by atoms with Gasteiger partial charge in [-0.2, -0.15) is 0 Å². The van der Waals surface area contributed by atoms with Crippen molar-refractivity contribution >= 4 is 0 Å². The molecule has 1 N–H and O–H groups in total. The summed E-state index contributed by atoms with van der Waals surface area (Å²) in [5.74, 6) is 0. The number of hydrogen-bond donors (Lipinski definition) is 1. The zero-order valence-electron chi connectivity index (χ0n) is 16.3. The number of aliphatic hydroxyl groups excluding tert-OH is 1. The zero-order valence-corrected chi connectivity index (χ0v) is 16.3. The number of ether oxygens (including phenoxy) is 1. The second-order valence-corrected chi connectivity index (χ2v) is 7.05. The van der Waals surface area contributed by atoms with Gasteiger partial charge in [0.2, 0.25) is 0 Å². The lowest BCUT2D eigenvalue weighted by Gasteiger charge is -2.38. The second kappa shape index (κ2) is 16.7. The molecule has 0 saturated heterocycles. The van der Waals surface area contributed by atoms with Gasteiger partial charge >= 0.3 is 0 Å². The molecule has 0 aliphatic rings. The van der Waals surface area contributed by atoms with Gasteiger partial charge in [-0.3, -0.25) is 0 Å². The van der Waals surface area contributed by atoms with Gasteiger partial charge in [0.25, 0.3) is 0 Å². The molecule has 0 aliphatic heterocycles. The summed E-state index contributed by atoms with van der Waals surface area (Å²) in [4.78, 5) is 0. The van der Waals surface area contributed by atoms with Crippen LogP contribution in [0.3, 0.4) is 0 Å². The third-order valence-corrected chi connectivity index (χ3v) is 4.83. The van der Waals surface area contributed by atoms with E-state index in [0.717, 1.165) is 13.2 Å². The normalized spacial score (nSPS) is 12.0. The number of unbranched alkanes of at least 4 members (excludes halogenated alkanes) is 7. The van der Waals surface area contributed by atoms with Crippen LogP contribution in [0.15, 0.2) is 0 Å². The van der Waals surface area contributed by atoms with E-state index in [2.05, 4.69) is 20.8 Å². The van der Waals surface area contributed by atoms with Gasteiger partial charge in [-0.15, -0.1) is 0 Å². The summed E-state index contributed by atoms with van der Waals surface area (Å²) in [6.45, 7) is 13.2. The van der Waals surface area contributed by atoms with Crippen LogP contribution in [-0.2, 0) is 4.74 Å². The minimum absolute atomic E-state index is 0.138. The highest BCUT2D eigenvalue weighted by Gasteiger charge is 2.24. The van der Waals surface area contributed by atoms with E-state index in [0.29, 0.717) is 6.61 Å². The Labute approximate surface area is 146 Å². The highest BCUT2D eigenvalue weighted by Crippen LogP contribution is 2.15. The zero-order chi connectivity index (χ0) is 17.2. The fourth-order valence-electron chi connectivity index (χ4n) is 3.63. The van der Waals surface area contributed by atoms with Gasteiger partial charge < -0.3 is 14.3 Å². The Kier molecular flexibility index (Phi) is 16.6. The summed E-state index contributed by atoms with van der Waals surface area (Å²) in [7, 11) is 0. The van der Waals surface area contributed by atoms with E-state index in [1.807, 2.05) is 0 Å². The smallest absolute Gasteiger partial charge is 0.102 e. The number of quaternary nitrogens is 1. The minimum Gasteiger partial charge on any atom is -0.394 e. The van der Waals surface area contributed by atoms with E-state index in [-0.39, 0.29) is 6.61 Å². The van der Waals surface area contributed by atoms with Crippen molar-refractivity contribution in [2.75, 3.05) is 46.0 Å². The molecule has 0 fully saturated rings. The lowest BCUT2D eigenvalue weighted by Crippen LogP contribution is -2.51. The van der Waals surface area contributed by atoms with E-state index in [4.69, 9.17) is 9.84 Å². The Hall–Kier alpha value is -0.120. The second-order valence-electron chi connectivity index (χ2n) is 7.05. The van der Waals surface area contributed by atoms with E-state index in [9.17, 15) is 0 Å². The fraction of sp³-hybridized carbons (Fsp3) is 1.00. The molecule has 0 saturated carbocycles. The lowest BCUT2D eigenvalue weighted by atomic mass is 10.1. The molecule has 0 aromatic carbocycles. The predicted octanol–water partition coefficient (Wildman–Crippen LogP) is 4.77. The Balaban J connectivity index is 4.03. The topological polar surface area (TPSA) is 29.5 Å². The average molecular weight is 331 g/mol.